The van der Waals surface area contributed by atoms with Crippen LogP contribution in [-0.2, 0) is 14.2 Å². The molecule has 0 radical (unpaired) electrons. The van der Waals surface area contributed by atoms with E-state index in [1.165, 1.54) is 115 Å². The average Bonchev–Trinajstić information content (AvgIpc) is 3.76. The fourth-order valence-corrected chi connectivity index (χ4v) is 60.8. The van der Waals surface area contributed by atoms with Crippen LogP contribution in [0.1, 0.15) is 117 Å². The van der Waals surface area contributed by atoms with E-state index >= 15 is 0 Å². The molecule has 0 amide bonds. The summed E-state index contributed by atoms with van der Waals surface area (Å²) in [5.41, 5.74) is 17.3. The molecule has 2 aliphatic carbocycles. The third-order valence-electron chi connectivity index (χ3n) is 14.9. The van der Waals surface area contributed by atoms with Crippen molar-refractivity contribution in [3.63, 3.8) is 0 Å². The van der Waals surface area contributed by atoms with Gasteiger partial charge in [0.25, 0.3) is 0 Å². The van der Waals surface area contributed by atoms with E-state index in [1.54, 1.807) is 11.1 Å². The summed E-state index contributed by atoms with van der Waals surface area (Å²) in [4.78, 5) is 0. The predicted molar refractivity (Wildman–Crippen MR) is 224 cm³/mol. The molecule has 2 atom stereocenters. The molecule has 0 spiro atoms. The number of fused-ring (bicyclic) bond motifs is 2. The summed E-state index contributed by atoms with van der Waals surface area (Å²) >= 11 is -5.19. The predicted octanol–water partition coefficient (Wildman–Crippen LogP) is 14.5. The van der Waals surface area contributed by atoms with Gasteiger partial charge in [-0.1, -0.05) is 0 Å². The summed E-state index contributed by atoms with van der Waals surface area (Å²) in [5.74, 6) is 0. The van der Waals surface area contributed by atoms with Crippen LogP contribution < -0.4 is 0 Å². The fourth-order valence-electron chi connectivity index (χ4n) is 11.3. The molecule has 50 heavy (non-hydrogen) atoms. The van der Waals surface area contributed by atoms with Gasteiger partial charge in [0.05, 0.1) is 0 Å². The Morgan fingerprint density at radius 2 is 0.880 bits per heavy atom. The maximum atomic E-state index is 2.99. The van der Waals surface area contributed by atoms with Crippen LogP contribution in [0.5, 0.6) is 0 Å². The zero-order chi connectivity index (χ0) is 35.8. The van der Waals surface area contributed by atoms with E-state index in [4.69, 9.17) is 0 Å². The van der Waals surface area contributed by atoms with Crippen molar-refractivity contribution in [1.82, 2.24) is 0 Å². The second-order valence-electron chi connectivity index (χ2n) is 19.3. The molecule has 264 valence electrons. The summed E-state index contributed by atoms with van der Waals surface area (Å²) in [5, 5.41) is 0. The molecule has 0 aliphatic heterocycles. The molecule has 2 heteroatoms. The molecule has 2 unspecified atom stereocenters. The first-order valence-corrected chi connectivity index (χ1v) is 44.8. The van der Waals surface area contributed by atoms with Gasteiger partial charge in [0, 0.05) is 0 Å². The Kier molecular flexibility index (Phi) is 9.55. The molecule has 0 heterocycles. The zero-order valence-corrected chi connectivity index (χ0v) is 37.7. The summed E-state index contributed by atoms with van der Waals surface area (Å²) in [6.07, 6.45) is 21.2. The molecule has 2 aliphatic rings. The van der Waals surface area contributed by atoms with E-state index < -0.39 is 14.2 Å². The van der Waals surface area contributed by atoms with Gasteiger partial charge in [0.2, 0.25) is 0 Å². The van der Waals surface area contributed by atoms with Gasteiger partial charge >= 0.3 is 303 Å². The Morgan fingerprint density at radius 3 is 1.28 bits per heavy atom. The molecule has 0 saturated heterocycles. The molecule has 0 fully saturated rings. The molecule has 4 aromatic rings. The van der Waals surface area contributed by atoms with Crippen LogP contribution in [0.4, 0.5) is 0 Å². The number of rotatable bonds is 14. The fraction of sp³-hybridized carbons (Fsp3) is 0.417. The van der Waals surface area contributed by atoms with Crippen molar-refractivity contribution in [1.29, 1.82) is 0 Å². The minimum absolute atomic E-state index is 0.450. The first-order valence-electron chi connectivity index (χ1n) is 20.0. The van der Waals surface area contributed by atoms with Crippen LogP contribution in [0.25, 0.3) is 34.4 Å². The van der Waals surface area contributed by atoms with Gasteiger partial charge < -0.3 is 0 Å². The second kappa shape index (κ2) is 12.8. The Bertz CT molecular complexity index is 1980. The molecule has 4 aromatic carbocycles. The number of unbranched alkanes of at least 4 members (excludes halogenated alkanes) is 6. The van der Waals surface area contributed by atoms with Crippen molar-refractivity contribution in [2.75, 3.05) is 0 Å². The summed E-state index contributed by atoms with van der Waals surface area (Å²) in [7, 11) is 0. The molecule has 0 aromatic heterocycles. The van der Waals surface area contributed by atoms with E-state index in [0.29, 0.717) is 7.35 Å². The van der Waals surface area contributed by atoms with Crippen molar-refractivity contribution in [2.45, 2.75) is 118 Å². The zero-order valence-electron chi connectivity index (χ0n) is 32.7. The van der Waals surface area contributed by atoms with Crippen molar-refractivity contribution < 1.29 is 14.2 Å². The maximum absolute atomic E-state index is 5.19. The second-order valence-corrected chi connectivity index (χ2v) is 96.3. The van der Waals surface area contributed by atoms with Crippen molar-refractivity contribution in [3.05, 3.63) is 129 Å². The van der Waals surface area contributed by atoms with E-state index in [9.17, 15) is 0 Å². The van der Waals surface area contributed by atoms with Gasteiger partial charge in [0.1, 0.15) is 0 Å². The molecule has 0 nitrogen and oxygen atoms in total. The molecule has 0 N–H and O–H groups in total. The van der Waals surface area contributed by atoms with Crippen molar-refractivity contribution >= 4 is 19.1 Å². The number of allylic oxidation sites excluding steroid dienone is 2. The number of hydrogen-bond donors (Lipinski definition) is 0. The first-order chi connectivity index (χ1) is 23.7. The van der Waals surface area contributed by atoms with E-state index in [1.807, 2.05) is 0 Å². The summed E-state index contributed by atoms with van der Waals surface area (Å²) < 4.78 is 9.63. The van der Waals surface area contributed by atoms with Crippen LogP contribution in [0.15, 0.2) is 84.9 Å². The Labute approximate surface area is 301 Å². The Balaban J connectivity index is 1.63. The third-order valence-corrected chi connectivity index (χ3v) is 71.5. The van der Waals surface area contributed by atoms with Crippen LogP contribution in [0.3, 0.4) is 0 Å². The van der Waals surface area contributed by atoms with Gasteiger partial charge in [-0.05, 0) is 0 Å². The SMILES string of the molecule is CCCCC[CH2][Hf]([CH3])([CH3])(=[SiH2])([CH2]CCCCC)([CH]1C=Cc2c(-c3cccc(C)c3C)cccc21)[CH]1C=Cc2c(-c3cccc(C)c3C)cccc21. The Morgan fingerprint density at radius 1 is 0.500 bits per heavy atom. The molecular weight excluding hydrogens is 783 g/mol. The number of aryl methyl sites for hydroxylation is 2. The van der Waals surface area contributed by atoms with Gasteiger partial charge in [-0.25, -0.2) is 0 Å². The normalized spacial score (nSPS) is 18.7. The monoisotopic (exact) mass is 848 g/mol. The van der Waals surface area contributed by atoms with E-state index in [-0.39, 0.29) is 0 Å². The van der Waals surface area contributed by atoms with Gasteiger partial charge in [-0.2, -0.15) is 0 Å². The van der Waals surface area contributed by atoms with Crippen LogP contribution in [0.2, 0.25) is 17.7 Å². The van der Waals surface area contributed by atoms with Crippen LogP contribution in [0, 0.1) is 27.7 Å². The number of benzene rings is 4. The minimum atomic E-state index is -5.19. The Hall–Kier alpha value is -2.55. The third kappa shape index (κ3) is 5.89. The standard InChI is InChI=1S/2C17H15.2C6H13.2CH3.Hf.H2Si/c2*1-12-6-3-9-15(13(12)2)17-11-5-8-14-7-4-10-16(14)17;2*1-3-5-6-4-2;;;;/h2*3-11H,1-2H3;2*1,3-6H2,2H3;2*1H3;;1H2. The molecule has 0 bridgehead atoms. The van der Waals surface area contributed by atoms with Crippen LogP contribution in [-0.4, -0.2) is 6.94 Å². The van der Waals surface area contributed by atoms with E-state index in [0.717, 1.165) is 0 Å². The quantitative estimate of drug-likeness (QED) is 0.0876. The molecule has 6 rings (SSSR count). The molecular formula is C48H64HfSi. The summed E-state index contributed by atoms with van der Waals surface area (Å²) in [6.45, 7) is 16.5. The summed E-state index contributed by atoms with van der Waals surface area (Å²) in [6, 6.07) is 28.3. The van der Waals surface area contributed by atoms with Gasteiger partial charge in [-0.3, -0.25) is 0 Å². The van der Waals surface area contributed by atoms with E-state index in [2.05, 4.69) is 155 Å². The first kappa shape index (κ1) is 37.2. The van der Waals surface area contributed by atoms with Gasteiger partial charge in [0.15, 0.2) is 0 Å². The van der Waals surface area contributed by atoms with Crippen molar-refractivity contribution in [3.8, 4) is 22.3 Å². The van der Waals surface area contributed by atoms with Crippen molar-refractivity contribution in [2.24, 2.45) is 0 Å². The number of hydrogen-bond acceptors (Lipinski definition) is 0. The van der Waals surface area contributed by atoms with Crippen LogP contribution >= 0.6 is 0 Å². The molecule has 0 saturated carbocycles. The van der Waals surface area contributed by atoms with Gasteiger partial charge in [-0.15, -0.1) is 0 Å². The average molecular weight is 848 g/mol. The topological polar surface area (TPSA) is 0 Å².